The summed E-state index contributed by atoms with van der Waals surface area (Å²) >= 11 is 0. The third-order valence-corrected chi connectivity index (χ3v) is 6.16. The van der Waals surface area contributed by atoms with Gasteiger partial charge >= 0.3 is 11.9 Å². The molecule has 1 fully saturated rings. The van der Waals surface area contributed by atoms with Crippen molar-refractivity contribution in [1.82, 2.24) is 0 Å². The molecule has 8 nitrogen and oxygen atoms in total. The average Bonchev–Trinajstić information content (AvgIpc) is 2.78. The molecule has 206 valence electrons. The van der Waals surface area contributed by atoms with Crippen molar-refractivity contribution in [3.05, 3.63) is 0 Å². The molecule has 0 aromatic carbocycles. The maximum atomic E-state index is 12.5. The molecule has 0 amide bonds. The predicted octanol–water partition coefficient (Wildman–Crippen LogP) is 4.71. The Bertz CT molecular complexity index is 623. The number of hydrogen-bond acceptors (Lipinski definition) is 8. The van der Waals surface area contributed by atoms with Crippen molar-refractivity contribution >= 4 is 11.9 Å². The Labute approximate surface area is 212 Å². The smallest absolute Gasteiger partial charge is 0.337 e. The zero-order valence-corrected chi connectivity index (χ0v) is 23.5. The van der Waals surface area contributed by atoms with Gasteiger partial charge in [-0.3, -0.25) is 0 Å². The van der Waals surface area contributed by atoms with Crippen molar-refractivity contribution in [3.8, 4) is 0 Å². The Morgan fingerprint density at radius 2 is 1.14 bits per heavy atom. The zero-order valence-electron chi connectivity index (χ0n) is 23.5. The van der Waals surface area contributed by atoms with Crippen molar-refractivity contribution in [3.63, 3.8) is 0 Å². The van der Waals surface area contributed by atoms with Gasteiger partial charge in [0, 0.05) is 6.61 Å². The summed E-state index contributed by atoms with van der Waals surface area (Å²) in [6, 6.07) is 0. The first kappa shape index (κ1) is 31.8. The maximum absolute atomic E-state index is 12.5. The zero-order chi connectivity index (χ0) is 26.6. The first-order valence-corrected chi connectivity index (χ1v) is 13.2. The molecule has 0 bridgehead atoms. The number of esters is 2. The summed E-state index contributed by atoms with van der Waals surface area (Å²) in [6.45, 7) is 18.6. The van der Waals surface area contributed by atoms with Gasteiger partial charge in [0.1, 0.15) is 13.2 Å². The van der Waals surface area contributed by atoms with Gasteiger partial charge in [0.25, 0.3) is 0 Å². The summed E-state index contributed by atoms with van der Waals surface area (Å²) in [5.41, 5.74) is -1.99. The van der Waals surface area contributed by atoms with E-state index in [0.29, 0.717) is 31.7 Å². The standard InChI is InChI=1S/C27H50O8/c1-10-30-20(4)15-31-24(28)26(6,7)33-17-22-11-13-23(14-12-22)18-34-27(8,9)25(29)32-16-21(5)35-19(2)3/h19-23H,10-18H2,1-9H3. The Hall–Kier alpha value is -1.22. The van der Waals surface area contributed by atoms with E-state index in [1.165, 1.54) is 0 Å². The molecule has 1 saturated carbocycles. The lowest BCUT2D eigenvalue weighted by Gasteiger charge is -2.33. The molecule has 0 N–H and O–H groups in total. The van der Waals surface area contributed by atoms with E-state index in [0.717, 1.165) is 25.7 Å². The normalized spacial score (nSPS) is 21.0. The lowest BCUT2D eigenvalue weighted by atomic mass is 9.82. The largest absolute Gasteiger partial charge is 0.461 e. The number of ether oxygens (including phenoxy) is 6. The molecule has 0 aromatic heterocycles. The summed E-state index contributed by atoms with van der Waals surface area (Å²) in [4.78, 5) is 24.9. The molecule has 0 radical (unpaired) electrons. The van der Waals surface area contributed by atoms with E-state index in [-0.39, 0.29) is 43.5 Å². The van der Waals surface area contributed by atoms with Crippen molar-refractivity contribution in [1.29, 1.82) is 0 Å². The molecule has 0 saturated heterocycles. The molecule has 8 heteroatoms. The number of hydrogen-bond donors (Lipinski definition) is 0. The second-order valence-electron chi connectivity index (χ2n) is 11.0. The fraction of sp³-hybridized carbons (Fsp3) is 0.926. The molecule has 1 rings (SSSR count). The van der Waals surface area contributed by atoms with Crippen LogP contribution in [-0.4, -0.2) is 74.5 Å². The van der Waals surface area contributed by atoms with Crippen molar-refractivity contribution in [2.24, 2.45) is 11.8 Å². The van der Waals surface area contributed by atoms with Crippen LogP contribution in [0.25, 0.3) is 0 Å². The monoisotopic (exact) mass is 502 g/mol. The van der Waals surface area contributed by atoms with E-state index >= 15 is 0 Å². The van der Waals surface area contributed by atoms with Crippen LogP contribution in [0.4, 0.5) is 0 Å². The van der Waals surface area contributed by atoms with Crippen molar-refractivity contribution < 1.29 is 38.0 Å². The lowest BCUT2D eigenvalue weighted by Crippen LogP contribution is -2.40. The summed E-state index contributed by atoms with van der Waals surface area (Å²) in [5, 5.41) is 0. The summed E-state index contributed by atoms with van der Waals surface area (Å²) in [5.74, 6) is 0.0367. The van der Waals surface area contributed by atoms with Crippen LogP contribution in [0.1, 0.15) is 88.0 Å². The highest BCUT2D eigenvalue weighted by Crippen LogP contribution is 2.31. The second kappa shape index (κ2) is 15.1. The topological polar surface area (TPSA) is 89.5 Å². The van der Waals surface area contributed by atoms with Crippen LogP contribution >= 0.6 is 0 Å². The van der Waals surface area contributed by atoms with Crippen LogP contribution in [-0.2, 0) is 38.0 Å². The average molecular weight is 503 g/mol. The predicted molar refractivity (Wildman–Crippen MR) is 134 cm³/mol. The van der Waals surface area contributed by atoms with Crippen LogP contribution in [0.2, 0.25) is 0 Å². The fourth-order valence-electron chi connectivity index (χ4n) is 3.91. The Balaban J connectivity index is 2.32. The number of rotatable bonds is 16. The van der Waals surface area contributed by atoms with E-state index in [2.05, 4.69) is 0 Å². The third kappa shape index (κ3) is 12.5. The Morgan fingerprint density at radius 1 is 0.743 bits per heavy atom. The minimum atomic E-state index is -0.998. The molecule has 2 atom stereocenters. The molecule has 0 aromatic rings. The van der Waals surface area contributed by atoms with Gasteiger partial charge in [-0.1, -0.05) is 0 Å². The van der Waals surface area contributed by atoms with Gasteiger partial charge in [-0.2, -0.15) is 0 Å². The van der Waals surface area contributed by atoms with Gasteiger partial charge < -0.3 is 28.4 Å². The SMILES string of the molecule is CCOC(C)COC(=O)C(C)(C)OCC1CCC(COC(C)(C)C(=O)OCC(C)OC(C)C)CC1. The van der Waals surface area contributed by atoms with E-state index in [9.17, 15) is 9.59 Å². The van der Waals surface area contributed by atoms with Crippen LogP contribution in [0, 0.1) is 11.8 Å². The van der Waals surface area contributed by atoms with Crippen molar-refractivity contribution in [2.75, 3.05) is 33.0 Å². The minimum absolute atomic E-state index is 0.0860. The third-order valence-electron chi connectivity index (χ3n) is 6.16. The van der Waals surface area contributed by atoms with Gasteiger partial charge in [-0.05, 0) is 99.8 Å². The lowest BCUT2D eigenvalue weighted by molar-refractivity contribution is -0.175. The van der Waals surface area contributed by atoms with Crippen molar-refractivity contribution in [2.45, 2.75) is 118 Å². The van der Waals surface area contributed by atoms with Crippen LogP contribution in [0.3, 0.4) is 0 Å². The Morgan fingerprint density at radius 3 is 1.51 bits per heavy atom. The molecular weight excluding hydrogens is 452 g/mol. The maximum Gasteiger partial charge on any atom is 0.337 e. The quantitative estimate of drug-likeness (QED) is 0.280. The summed E-state index contributed by atoms with van der Waals surface area (Å²) in [7, 11) is 0. The van der Waals surface area contributed by atoms with E-state index in [4.69, 9.17) is 28.4 Å². The summed E-state index contributed by atoms with van der Waals surface area (Å²) < 4.78 is 33.7. The van der Waals surface area contributed by atoms with E-state index < -0.39 is 11.2 Å². The van der Waals surface area contributed by atoms with E-state index in [1.54, 1.807) is 27.7 Å². The number of carbonyl (C=O) groups excluding carboxylic acids is 2. The highest BCUT2D eigenvalue weighted by Gasteiger charge is 2.34. The molecule has 0 aliphatic heterocycles. The van der Waals surface area contributed by atoms with Gasteiger partial charge in [-0.25, -0.2) is 9.59 Å². The fourth-order valence-corrected chi connectivity index (χ4v) is 3.91. The molecule has 2 unspecified atom stereocenters. The van der Waals surface area contributed by atoms with Gasteiger partial charge in [-0.15, -0.1) is 0 Å². The molecule has 35 heavy (non-hydrogen) atoms. The molecular formula is C27H50O8. The van der Waals surface area contributed by atoms with Crippen LogP contribution in [0.15, 0.2) is 0 Å². The van der Waals surface area contributed by atoms with Crippen LogP contribution in [0.5, 0.6) is 0 Å². The van der Waals surface area contributed by atoms with Gasteiger partial charge in [0.05, 0.1) is 31.5 Å². The Kier molecular flexibility index (Phi) is 13.7. The van der Waals surface area contributed by atoms with Gasteiger partial charge in [0.2, 0.25) is 0 Å². The molecule has 1 aliphatic rings. The first-order valence-electron chi connectivity index (χ1n) is 13.2. The molecule has 0 heterocycles. The van der Waals surface area contributed by atoms with Crippen LogP contribution < -0.4 is 0 Å². The van der Waals surface area contributed by atoms with Gasteiger partial charge in [0.15, 0.2) is 11.2 Å². The molecule has 0 spiro atoms. The minimum Gasteiger partial charge on any atom is -0.461 e. The van der Waals surface area contributed by atoms with E-state index in [1.807, 2.05) is 34.6 Å². The first-order chi connectivity index (χ1) is 16.3. The second-order valence-corrected chi connectivity index (χ2v) is 11.0. The summed E-state index contributed by atoms with van der Waals surface area (Å²) in [6.07, 6.45) is 3.78. The highest BCUT2D eigenvalue weighted by molar-refractivity contribution is 5.79. The molecule has 1 aliphatic carbocycles. The highest BCUT2D eigenvalue weighted by atomic mass is 16.6. The number of carbonyl (C=O) groups is 2.